The number of benzene rings is 1. The maximum Gasteiger partial charge on any atom is 0.292 e. The van der Waals surface area contributed by atoms with E-state index in [1.54, 1.807) is 12.1 Å². The minimum Gasteiger partial charge on any atom is -0.366 e. The molecule has 1 atom stereocenters. The highest BCUT2D eigenvalue weighted by Crippen LogP contribution is 2.31. The molecule has 1 saturated heterocycles. The summed E-state index contributed by atoms with van der Waals surface area (Å²) in [5.74, 6) is 0.559. The van der Waals surface area contributed by atoms with Crippen LogP contribution in [-0.2, 0) is 0 Å². The summed E-state index contributed by atoms with van der Waals surface area (Å²) in [6, 6.07) is 6.97. The Hall–Kier alpha value is -1.62. The third-order valence-corrected chi connectivity index (χ3v) is 3.51. The van der Waals surface area contributed by atoms with Crippen LogP contribution >= 0.6 is 0 Å². The van der Waals surface area contributed by atoms with Crippen LogP contribution in [0.4, 0.5) is 11.4 Å². The molecule has 1 aliphatic heterocycles. The average Bonchev–Trinajstić information content (AvgIpc) is 2.39. The molecular formula is C13H19N3O2. The summed E-state index contributed by atoms with van der Waals surface area (Å²) in [5, 5.41) is 11.0. The Morgan fingerprint density at radius 3 is 2.94 bits per heavy atom. The molecule has 0 spiro atoms. The van der Waals surface area contributed by atoms with Crippen LogP contribution < -0.4 is 10.6 Å². The van der Waals surface area contributed by atoms with E-state index in [0.717, 1.165) is 31.6 Å². The van der Waals surface area contributed by atoms with Crippen LogP contribution in [0.15, 0.2) is 24.3 Å². The number of piperidine rings is 1. The summed E-state index contributed by atoms with van der Waals surface area (Å²) < 4.78 is 0. The predicted molar refractivity (Wildman–Crippen MR) is 71.7 cm³/mol. The third kappa shape index (κ3) is 2.79. The van der Waals surface area contributed by atoms with Crippen LogP contribution in [0.1, 0.15) is 19.3 Å². The van der Waals surface area contributed by atoms with Crippen LogP contribution in [0.5, 0.6) is 0 Å². The Balaban J connectivity index is 2.18. The van der Waals surface area contributed by atoms with E-state index in [1.807, 2.05) is 12.1 Å². The van der Waals surface area contributed by atoms with Gasteiger partial charge in [-0.25, -0.2) is 0 Å². The maximum absolute atomic E-state index is 11.0. The third-order valence-electron chi connectivity index (χ3n) is 3.51. The van der Waals surface area contributed by atoms with Gasteiger partial charge in [0.15, 0.2) is 0 Å². The van der Waals surface area contributed by atoms with E-state index < -0.39 is 0 Å². The summed E-state index contributed by atoms with van der Waals surface area (Å²) >= 11 is 0. The van der Waals surface area contributed by atoms with Gasteiger partial charge in [-0.05, 0) is 37.8 Å². The number of nitrogens with zero attached hydrogens (tertiary/aromatic N) is 2. The second-order valence-electron chi connectivity index (χ2n) is 4.78. The van der Waals surface area contributed by atoms with Crippen molar-refractivity contribution in [3.63, 3.8) is 0 Å². The first-order chi connectivity index (χ1) is 8.72. The zero-order valence-corrected chi connectivity index (χ0v) is 10.4. The van der Waals surface area contributed by atoms with Gasteiger partial charge < -0.3 is 10.6 Å². The average molecular weight is 249 g/mol. The molecule has 0 radical (unpaired) electrons. The highest BCUT2D eigenvalue weighted by molar-refractivity contribution is 5.63. The molecule has 1 fully saturated rings. The van der Waals surface area contributed by atoms with Gasteiger partial charge in [-0.3, -0.25) is 10.1 Å². The first-order valence-electron chi connectivity index (χ1n) is 6.41. The van der Waals surface area contributed by atoms with Gasteiger partial charge in [0, 0.05) is 19.2 Å². The van der Waals surface area contributed by atoms with E-state index in [0.29, 0.717) is 12.5 Å². The molecule has 1 unspecified atom stereocenters. The Labute approximate surface area is 107 Å². The zero-order valence-electron chi connectivity index (χ0n) is 10.4. The highest BCUT2D eigenvalue weighted by Gasteiger charge is 2.24. The predicted octanol–water partition coefficient (Wildman–Crippen LogP) is 2.16. The van der Waals surface area contributed by atoms with Gasteiger partial charge in [0.05, 0.1) is 4.92 Å². The molecular weight excluding hydrogens is 230 g/mol. The van der Waals surface area contributed by atoms with Crippen molar-refractivity contribution in [2.45, 2.75) is 19.3 Å². The summed E-state index contributed by atoms with van der Waals surface area (Å²) in [6.45, 7) is 2.46. The quantitative estimate of drug-likeness (QED) is 0.655. The van der Waals surface area contributed by atoms with Gasteiger partial charge in [0.1, 0.15) is 5.69 Å². The van der Waals surface area contributed by atoms with Crippen LogP contribution in [0.2, 0.25) is 0 Å². The largest absolute Gasteiger partial charge is 0.366 e. The lowest BCUT2D eigenvalue weighted by molar-refractivity contribution is -0.384. The first-order valence-corrected chi connectivity index (χ1v) is 6.41. The molecule has 0 aromatic heterocycles. The standard InChI is InChI=1S/C13H19N3O2/c14-8-7-11-4-3-9-15(10-11)12-5-1-2-6-13(12)16(17)18/h1-2,5-6,11H,3-4,7-10,14H2. The van der Waals surface area contributed by atoms with Crippen molar-refractivity contribution in [2.24, 2.45) is 11.7 Å². The van der Waals surface area contributed by atoms with E-state index in [2.05, 4.69) is 4.90 Å². The van der Waals surface area contributed by atoms with Crippen molar-refractivity contribution in [3.05, 3.63) is 34.4 Å². The number of nitro groups is 1. The maximum atomic E-state index is 11.0. The SMILES string of the molecule is NCCC1CCCN(c2ccccc2[N+](=O)[O-])C1. The Kier molecular flexibility index (Phi) is 4.15. The van der Waals surface area contributed by atoms with Crippen molar-refractivity contribution >= 4 is 11.4 Å². The molecule has 2 N–H and O–H groups in total. The zero-order chi connectivity index (χ0) is 13.0. The fourth-order valence-electron chi connectivity index (χ4n) is 2.64. The number of rotatable bonds is 4. The number of para-hydroxylation sites is 2. The number of hydrogen-bond acceptors (Lipinski definition) is 4. The molecule has 0 amide bonds. The summed E-state index contributed by atoms with van der Waals surface area (Å²) in [5.41, 5.74) is 6.53. The molecule has 1 aromatic carbocycles. The summed E-state index contributed by atoms with van der Waals surface area (Å²) in [6.07, 6.45) is 3.25. The second-order valence-corrected chi connectivity index (χ2v) is 4.78. The normalized spacial score (nSPS) is 19.8. The highest BCUT2D eigenvalue weighted by atomic mass is 16.6. The van der Waals surface area contributed by atoms with Gasteiger partial charge in [0.2, 0.25) is 0 Å². The lowest BCUT2D eigenvalue weighted by Crippen LogP contribution is -2.36. The molecule has 18 heavy (non-hydrogen) atoms. The van der Waals surface area contributed by atoms with Gasteiger partial charge >= 0.3 is 0 Å². The van der Waals surface area contributed by atoms with Gasteiger partial charge in [-0.15, -0.1) is 0 Å². The van der Waals surface area contributed by atoms with E-state index in [-0.39, 0.29) is 10.6 Å². The Morgan fingerprint density at radius 1 is 1.44 bits per heavy atom. The van der Waals surface area contributed by atoms with E-state index >= 15 is 0 Å². The van der Waals surface area contributed by atoms with Crippen LogP contribution in [0.25, 0.3) is 0 Å². The molecule has 0 aliphatic carbocycles. The van der Waals surface area contributed by atoms with Gasteiger partial charge in [-0.2, -0.15) is 0 Å². The molecule has 98 valence electrons. The number of hydrogen-bond donors (Lipinski definition) is 1. The number of nitro benzene ring substituents is 1. The van der Waals surface area contributed by atoms with Crippen LogP contribution in [-0.4, -0.2) is 24.6 Å². The molecule has 5 nitrogen and oxygen atoms in total. The van der Waals surface area contributed by atoms with E-state index in [1.165, 1.54) is 6.42 Å². The molecule has 1 aliphatic rings. The minimum absolute atomic E-state index is 0.200. The Morgan fingerprint density at radius 2 is 2.22 bits per heavy atom. The molecule has 2 rings (SSSR count). The lowest BCUT2D eigenvalue weighted by Gasteiger charge is -2.33. The van der Waals surface area contributed by atoms with Crippen LogP contribution in [0.3, 0.4) is 0 Å². The number of nitrogens with two attached hydrogens (primary N) is 1. The summed E-state index contributed by atoms with van der Waals surface area (Å²) in [7, 11) is 0. The molecule has 5 heteroatoms. The van der Waals surface area contributed by atoms with Gasteiger partial charge in [0.25, 0.3) is 5.69 Å². The molecule has 0 bridgehead atoms. The van der Waals surface area contributed by atoms with Crippen molar-refractivity contribution < 1.29 is 4.92 Å². The summed E-state index contributed by atoms with van der Waals surface area (Å²) in [4.78, 5) is 12.9. The van der Waals surface area contributed by atoms with Crippen molar-refractivity contribution in [1.29, 1.82) is 0 Å². The van der Waals surface area contributed by atoms with Crippen molar-refractivity contribution in [2.75, 3.05) is 24.5 Å². The minimum atomic E-state index is -0.304. The van der Waals surface area contributed by atoms with E-state index in [4.69, 9.17) is 5.73 Å². The number of anilines is 1. The molecule has 1 heterocycles. The fraction of sp³-hybridized carbons (Fsp3) is 0.538. The Bertz CT molecular complexity index is 420. The van der Waals surface area contributed by atoms with Crippen molar-refractivity contribution in [1.82, 2.24) is 0 Å². The monoisotopic (exact) mass is 249 g/mol. The first kappa shape index (κ1) is 12.8. The molecule has 0 saturated carbocycles. The molecule has 1 aromatic rings. The van der Waals surface area contributed by atoms with E-state index in [9.17, 15) is 10.1 Å². The van der Waals surface area contributed by atoms with Crippen molar-refractivity contribution in [3.8, 4) is 0 Å². The fourth-order valence-corrected chi connectivity index (χ4v) is 2.64. The second kappa shape index (κ2) is 5.82. The topological polar surface area (TPSA) is 72.4 Å². The van der Waals surface area contributed by atoms with Gasteiger partial charge in [-0.1, -0.05) is 12.1 Å². The smallest absolute Gasteiger partial charge is 0.292 e. The van der Waals surface area contributed by atoms with Crippen LogP contribution in [0, 0.1) is 16.0 Å². The lowest BCUT2D eigenvalue weighted by atomic mass is 9.94.